The van der Waals surface area contributed by atoms with Crippen LogP contribution in [0.5, 0.6) is 0 Å². The number of amides is 1. The first-order valence-corrected chi connectivity index (χ1v) is 5.38. The van der Waals surface area contributed by atoms with E-state index >= 15 is 0 Å². The van der Waals surface area contributed by atoms with Crippen LogP contribution in [0.4, 0.5) is 0 Å². The molecule has 0 spiro atoms. The summed E-state index contributed by atoms with van der Waals surface area (Å²) in [6, 6.07) is -0.159. The summed E-state index contributed by atoms with van der Waals surface area (Å²) in [5, 5.41) is 0. The molecule has 2 N–H and O–H groups in total. The number of carbonyl (C=O) groups is 1. The Balaban J connectivity index is 3.90. The molecule has 1 amide bonds. The molecule has 0 aliphatic rings. The highest BCUT2D eigenvalue weighted by atomic mass is 16.5. The van der Waals surface area contributed by atoms with Gasteiger partial charge in [-0.1, -0.05) is 0 Å². The first-order chi connectivity index (χ1) is 7.26. The summed E-state index contributed by atoms with van der Waals surface area (Å²) in [5.74, 6) is -0.0681. The number of likely N-dealkylation sites (N-methyl/N-ethyl adjacent to an activating group) is 1. The van der Waals surface area contributed by atoms with Gasteiger partial charge in [0, 0.05) is 26.7 Å². The van der Waals surface area contributed by atoms with Gasteiger partial charge in [0.25, 0.3) is 0 Å². The fourth-order valence-electron chi connectivity index (χ4n) is 1.11. The van der Waals surface area contributed by atoms with Gasteiger partial charge in [-0.15, -0.1) is 0 Å². The van der Waals surface area contributed by atoms with Crippen molar-refractivity contribution in [2.75, 3.05) is 33.9 Å². The molecule has 5 nitrogen and oxygen atoms in total. The van der Waals surface area contributed by atoms with E-state index in [1.165, 1.54) is 0 Å². The van der Waals surface area contributed by atoms with Crippen LogP contribution in [0.25, 0.3) is 0 Å². The van der Waals surface area contributed by atoms with Gasteiger partial charge in [0.05, 0.1) is 12.2 Å². The molecule has 96 valence electrons. The number of nitrogens with zero attached hydrogens (tertiary/aromatic N) is 1. The van der Waals surface area contributed by atoms with Gasteiger partial charge in [0.15, 0.2) is 0 Å². The van der Waals surface area contributed by atoms with Gasteiger partial charge in [-0.05, 0) is 20.8 Å². The Labute approximate surface area is 97.9 Å². The standard InChI is InChI=1S/C11H24N2O3/c1-11(2,3)16-8-10(14)13(4)6-9(12)7-15-5/h9H,6-8,12H2,1-5H3. The first-order valence-electron chi connectivity index (χ1n) is 5.38. The fourth-order valence-corrected chi connectivity index (χ4v) is 1.11. The van der Waals surface area contributed by atoms with Gasteiger partial charge in [-0.3, -0.25) is 4.79 Å². The Morgan fingerprint density at radius 1 is 1.44 bits per heavy atom. The fraction of sp³-hybridized carbons (Fsp3) is 0.909. The zero-order valence-corrected chi connectivity index (χ0v) is 10.9. The Bertz CT molecular complexity index is 214. The number of methoxy groups -OCH3 is 1. The molecule has 0 radical (unpaired) electrons. The van der Waals surface area contributed by atoms with E-state index in [0.717, 1.165) is 0 Å². The van der Waals surface area contributed by atoms with Crippen LogP contribution in [-0.2, 0) is 14.3 Å². The van der Waals surface area contributed by atoms with E-state index in [2.05, 4.69) is 0 Å². The van der Waals surface area contributed by atoms with Gasteiger partial charge in [-0.25, -0.2) is 0 Å². The van der Waals surface area contributed by atoms with Gasteiger partial charge in [0.1, 0.15) is 6.61 Å². The molecule has 0 fully saturated rings. The number of hydrogen-bond acceptors (Lipinski definition) is 4. The summed E-state index contributed by atoms with van der Waals surface area (Å²) in [7, 11) is 3.30. The normalized spacial score (nSPS) is 13.6. The Morgan fingerprint density at radius 3 is 2.44 bits per heavy atom. The van der Waals surface area contributed by atoms with Crippen LogP contribution in [0.3, 0.4) is 0 Å². The molecule has 1 atom stereocenters. The van der Waals surface area contributed by atoms with Crippen LogP contribution >= 0.6 is 0 Å². The zero-order chi connectivity index (χ0) is 12.8. The van der Waals surface area contributed by atoms with Crippen molar-refractivity contribution in [3.63, 3.8) is 0 Å². The SMILES string of the molecule is COCC(N)CN(C)C(=O)COC(C)(C)C. The minimum Gasteiger partial charge on any atom is -0.383 e. The van der Waals surface area contributed by atoms with Crippen LogP contribution in [0.1, 0.15) is 20.8 Å². The van der Waals surface area contributed by atoms with Crippen molar-refractivity contribution in [3.8, 4) is 0 Å². The van der Waals surface area contributed by atoms with Crippen LogP contribution in [0.2, 0.25) is 0 Å². The van der Waals surface area contributed by atoms with Gasteiger partial charge in [-0.2, -0.15) is 0 Å². The number of ether oxygens (including phenoxy) is 2. The molecule has 0 aliphatic heterocycles. The van der Waals surface area contributed by atoms with Gasteiger partial charge < -0.3 is 20.1 Å². The van der Waals surface area contributed by atoms with Crippen LogP contribution in [-0.4, -0.2) is 56.4 Å². The molecule has 0 rings (SSSR count). The maximum Gasteiger partial charge on any atom is 0.248 e. The quantitative estimate of drug-likeness (QED) is 0.712. The average Bonchev–Trinajstić information content (AvgIpc) is 2.13. The lowest BCUT2D eigenvalue weighted by atomic mass is 10.2. The second kappa shape index (κ2) is 6.83. The molecular formula is C11H24N2O3. The van der Waals surface area contributed by atoms with Crippen LogP contribution in [0, 0.1) is 0 Å². The summed E-state index contributed by atoms with van der Waals surface area (Å²) >= 11 is 0. The molecule has 0 aromatic heterocycles. The van der Waals surface area contributed by atoms with Crippen molar-refractivity contribution in [2.45, 2.75) is 32.4 Å². The third-order valence-corrected chi connectivity index (χ3v) is 1.94. The molecule has 0 aromatic rings. The predicted octanol–water partition coefficient (Wildman–Crippen LogP) is 0.234. The minimum absolute atomic E-state index is 0.0681. The highest BCUT2D eigenvalue weighted by Gasteiger charge is 2.17. The van der Waals surface area contributed by atoms with Crippen molar-refractivity contribution >= 4 is 5.91 Å². The third-order valence-electron chi connectivity index (χ3n) is 1.94. The Hall–Kier alpha value is -0.650. The Morgan fingerprint density at radius 2 is 2.00 bits per heavy atom. The molecule has 5 heteroatoms. The maximum atomic E-state index is 11.6. The monoisotopic (exact) mass is 232 g/mol. The Kier molecular flexibility index (Phi) is 6.55. The lowest BCUT2D eigenvalue weighted by molar-refractivity contribution is -0.140. The number of nitrogens with two attached hydrogens (primary N) is 1. The predicted molar refractivity (Wildman–Crippen MR) is 63.2 cm³/mol. The molecule has 1 unspecified atom stereocenters. The second-order valence-corrected chi connectivity index (χ2v) is 4.89. The maximum absolute atomic E-state index is 11.6. The van der Waals surface area contributed by atoms with E-state index in [9.17, 15) is 4.79 Å². The summed E-state index contributed by atoms with van der Waals surface area (Å²) < 4.78 is 10.3. The topological polar surface area (TPSA) is 64.8 Å². The van der Waals surface area contributed by atoms with Gasteiger partial charge in [0.2, 0.25) is 5.91 Å². The van der Waals surface area contributed by atoms with E-state index in [4.69, 9.17) is 15.2 Å². The summed E-state index contributed by atoms with van der Waals surface area (Å²) in [5.41, 5.74) is 5.44. The highest BCUT2D eigenvalue weighted by Crippen LogP contribution is 2.06. The smallest absolute Gasteiger partial charge is 0.248 e. The largest absolute Gasteiger partial charge is 0.383 e. The average molecular weight is 232 g/mol. The van der Waals surface area contributed by atoms with Crippen molar-refractivity contribution in [1.29, 1.82) is 0 Å². The van der Waals surface area contributed by atoms with E-state index in [0.29, 0.717) is 13.2 Å². The summed E-state index contributed by atoms with van der Waals surface area (Å²) in [4.78, 5) is 13.2. The molecule has 0 aromatic carbocycles. The highest BCUT2D eigenvalue weighted by molar-refractivity contribution is 5.77. The van der Waals surface area contributed by atoms with E-state index < -0.39 is 0 Å². The van der Waals surface area contributed by atoms with Crippen molar-refractivity contribution < 1.29 is 14.3 Å². The lowest BCUT2D eigenvalue weighted by Gasteiger charge is -2.24. The first kappa shape index (κ1) is 15.3. The number of carbonyl (C=O) groups excluding carboxylic acids is 1. The minimum atomic E-state index is -0.300. The summed E-state index contributed by atoms with van der Waals surface area (Å²) in [6.07, 6.45) is 0. The number of hydrogen-bond donors (Lipinski definition) is 1. The molecule has 0 aliphatic carbocycles. The molecule has 0 bridgehead atoms. The van der Waals surface area contributed by atoms with Crippen LogP contribution < -0.4 is 5.73 Å². The molecule has 0 heterocycles. The zero-order valence-electron chi connectivity index (χ0n) is 10.9. The van der Waals surface area contributed by atoms with E-state index in [1.807, 2.05) is 20.8 Å². The van der Waals surface area contributed by atoms with E-state index in [1.54, 1.807) is 19.1 Å². The number of rotatable bonds is 6. The van der Waals surface area contributed by atoms with Crippen molar-refractivity contribution in [1.82, 2.24) is 4.90 Å². The summed E-state index contributed by atoms with van der Waals surface area (Å²) in [6.45, 7) is 6.74. The molecule has 0 saturated carbocycles. The molecule has 16 heavy (non-hydrogen) atoms. The second-order valence-electron chi connectivity index (χ2n) is 4.89. The molecule has 0 saturated heterocycles. The van der Waals surface area contributed by atoms with Gasteiger partial charge >= 0.3 is 0 Å². The lowest BCUT2D eigenvalue weighted by Crippen LogP contribution is -2.43. The third kappa shape index (κ3) is 7.62. The van der Waals surface area contributed by atoms with Crippen molar-refractivity contribution in [2.24, 2.45) is 5.73 Å². The van der Waals surface area contributed by atoms with Crippen LogP contribution in [0.15, 0.2) is 0 Å². The van der Waals surface area contributed by atoms with E-state index in [-0.39, 0.29) is 24.2 Å². The molecular weight excluding hydrogens is 208 g/mol. The van der Waals surface area contributed by atoms with Crippen molar-refractivity contribution in [3.05, 3.63) is 0 Å².